The normalized spacial score (nSPS) is 16.1. The van der Waals surface area contributed by atoms with Gasteiger partial charge in [-0.1, -0.05) is 72.8 Å². The van der Waals surface area contributed by atoms with E-state index in [1.165, 1.54) is 22.3 Å². The third kappa shape index (κ3) is 5.09. The summed E-state index contributed by atoms with van der Waals surface area (Å²) in [4.78, 5) is 16.9. The quantitative estimate of drug-likeness (QED) is 0.370. The number of rotatable bonds is 7. The summed E-state index contributed by atoms with van der Waals surface area (Å²) in [5.74, 6) is 1.34. The molecule has 1 fully saturated rings. The second-order valence-electron chi connectivity index (χ2n) is 10.5. The Bertz CT molecular complexity index is 1390. The van der Waals surface area contributed by atoms with Gasteiger partial charge in [0.1, 0.15) is 11.9 Å². The molecular weight excluding hydrogens is 472 g/mol. The molecule has 0 amide bonds. The Morgan fingerprint density at radius 3 is 2.29 bits per heavy atom. The second-order valence-corrected chi connectivity index (χ2v) is 10.5. The molecule has 2 aliphatic rings. The molecule has 2 aliphatic heterocycles. The number of hydrogen-bond acceptors (Lipinski definition) is 5. The maximum Gasteiger partial charge on any atom is 0.269 e. The molecule has 0 unspecified atom stereocenters. The second kappa shape index (κ2) is 10.8. The lowest BCUT2D eigenvalue weighted by molar-refractivity contribution is 0.0981. The molecule has 1 N–H and O–H groups in total. The standard InChI is InChI=1S/C32H34N4O2/c1-23-30(19-33-34-32(23)37)36-20-26-13-8-14-31(29(26)22-36)38-27-15-17-35(18-16-27)21-28(24-9-4-2-5-10-24)25-11-6-3-7-12-25/h2-14,19,27-28H,15-18,20-22H2,1H3,(H,34,37). The van der Waals surface area contributed by atoms with E-state index in [2.05, 4.69) is 98.9 Å². The number of benzene rings is 3. The average molecular weight is 507 g/mol. The first-order valence-electron chi connectivity index (χ1n) is 13.5. The number of anilines is 1. The molecule has 0 bridgehead atoms. The summed E-state index contributed by atoms with van der Waals surface area (Å²) in [6, 6.07) is 28.1. The van der Waals surface area contributed by atoms with Gasteiger partial charge in [-0.15, -0.1) is 0 Å². The summed E-state index contributed by atoms with van der Waals surface area (Å²) in [7, 11) is 0. The highest BCUT2D eigenvalue weighted by Gasteiger charge is 2.28. The fraction of sp³-hybridized carbons (Fsp3) is 0.312. The van der Waals surface area contributed by atoms with Gasteiger partial charge in [0.2, 0.25) is 0 Å². The SMILES string of the molecule is Cc1c(N2Cc3cccc(OC4CCN(CC(c5ccccc5)c5ccccc5)CC4)c3C2)cn[nH]c1=O. The Kier molecular flexibility index (Phi) is 6.97. The highest BCUT2D eigenvalue weighted by molar-refractivity contribution is 5.57. The van der Waals surface area contributed by atoms with Crippen molar-refractivity contribution in [3.8, 4) is 5.75 Å². The van der Waals surface area contributed by atoms with E-state index in [0.29, 0.717) is 11.5 Å². The van der Waals surface area contributed by atoms with Crippen molar-refractivity contribution in [3.05, 3.63) is 123 Å². The molecule has 3 heterocycles. The largest absolute Gasteiger partial charge is 0.490 e. The Morgan fingerprint density at radius 2 is 1.61 bits per heavy atom. The minimum atomic E-state index is -0.136. The van der Waals surface area contributed by atoms with E-state index in [4.69, 9.17) is 4.74 Å². The van der Waals surface area contributed by atoms with Crippen LogP contribution in [0, 0.1) is 6.92 Å². The molecule has 0 atom stereocenters. The summed E-state index contributed by atoms with van der Waals surface area (Å²) in [6.07, 6.45) is 3.99. The number of ether oxygens (including phenoxy) is 1. The van der Waals surface area contributed by atoms with Crippen LogP contribution in [0.2, 0.25) is 0 Å². The van der Waals surface area contributed by atoms with Crippen molar-refractivity contribution in [1.29, 1.82) is 0 Å². The van der Waals surface area contributed by atoms with Crippen LogP contribution in [0.4, 0.5) is 5.69 Å². The van der Waals surface area contributed by atoms with E-state index in [1.807, 2.05) is 6.92 Å². The molecule has 0 aliphatic carbocycles. The maximum atomic E-state index is 12.1. The lowest BCUT2D eigenvalue weighted by Gasteiger charge is -2.35. The van der Waals surface area contributed by atoms with Crippen LogP contribution < -0.4 is 15.2 Å². The van der Waals surface area contributed by atoms with Crippen LogP contribution in [0.1, 0.15) is 46.6 Å². The summed E-state index contributed by atoms with van der Waals surface area (Å²) in [5, 5.41) is 6.54. The molecule has 38 heavy (non-hydrogen) atoms. The fourth-order valence-electron chi connectivity index (χ4n) is 5.86. The van der Waals surface area contributed by atoms with Gasteiger partial charge in [0, 0.05) is 49.8 Å². The minimum absolute atomic E-state index is 0.136. The lowest BCUT2D eigenvalue weighted by Crippen LogP contribution is -2.40. The van der Waals surface area contributed by atoms with Gasteiger partial charge in [0.05, 0.1) is 11.9 Å². The zero-order valence-corrected chi connectivity index (χ0v) is 21.8. The van der Waals surface area contributed by atoms with Crippen LogP contribution in [0.15, 0.2) is 89.9 Å². The summed E-state index contributed by atoms with van der Waals surface area (Å²) in [5.41, 5.74) is 6.67. The number of aromatic nitrogens is 2. The van der Waals surface area contributed by atoms with Crippen molar-refractivity contribution in [2.45, 2.75) is 44.9 Å². The van der Waals surface area contributed by atoms with Crippen LogP contribution in [0.5, 0.6) is 5.75 Å². The Hall–Kier alpha value is -3.90. The number of H-pyrrole nitrogens is 1. The molecule has 0 spiro atoms. The van der Waals surface area contributed by atoms with Gasteiger partial charge < -0.3 is 14.5 Å². The molecule has 0 radical (unpaired) electrons. The minimum Gasteiger partial charge on any atom is -0.490 e. The fourth-order valence-corrected chi connectivity index (χ4v) is 5.86. The lowest BCUT2D eigenvalue weighted by atomic mass is 9.90. The van der Waals surface area contributed by atoms with E-state index < -0.39 is 0 Å². The van der Waals surface area contributed by atoms with Crippen molar-refractivity contribution in [2.24, 2.45) is 0 Å². The van der Waals surface area contributed by atoms with Crippen molar-refractivity contribution < 1.29 is 4.74 Å². The number of piperidine rings is 1. The molecule has 194 valence electrons. The maximum absolute atomic E-state index is 12.1. The predicted octanol–water partition coefficient (Wildman–Crippen LogP) is 5.27. The molecule has 6 nitrogen and oxygen atoms in total. The first-order valence-corrected chi connectivity index (χ1v) is 13.5. The smallest absolute Gasteiger partial charge is 0.269 e. The van der Waals surface area contributed by atoms with Gasteiger partial charge in [0.25, 0.3) is 5.56 Å². The number of nitrogens with zero attached hydrogens (tertiary/aromatic N) is 3. The third-order valence-electron chi connectivity index (χ3n) is 8.03. The van der Waals surface area contributed by atoms with Crippen molar-refractivity contribution in [3.63, 3.8) is 0 Å². The number of nitrogens with one attached hydrogen (secondary N) is 1. The van der Waals surface area contributed by atoms with Gasteiger partial charge in [-0.05, 0) is 42.5 Å². The average Bonchev–Trinajstić information content (AvgIpc) is 3.40. The van der Waals surface area contributed by atoms with Crippen LogP contribution in [0.3, 0.4) is 0 Å². The molecule has 1 aromatic heterocycles. The van der Waals surface area contributed by atoms with Crippen molar-refractivity contribution in [1.82, 2.24) is 15.1 Å². The van der Waals surface area contributed by atoms with Crippen molar-refractivity contribution >= 4 is 5.69 Å². The number of aromatic amines is 1. The van der Waals surface area contributed by atoms with Crippen LogP contribution >= 0.6 is 0 Å². The Labute approximate surface area is 223 Å². The summed E-state index contributed by atoms with van der Waals surface area (Å²) in [6.45, 7) is 6.41. The van der Waals surface area contributed by atoms with Crippen LogP contribution in [-0.4, -0.2) is 40.8 Å². The molecule has 6 heteroatoms. The molecule has 4 aromatic rings. The van der Waals surface area contributed by atoms with E-state index >= 15 is 0 Å². The first kappa shape index (κ1) is 24.4. The monoisotopic (exact) mass is 506 g/mol. The Balaban J connectivity index is 1.11. The van der Waals surface area contributed by atoms with Crippen molar-refractivity contribution in [2.75, 3.05) is 24.5 Å². The van der Waals surface area contributed by atoms with Gasteiger partial charge >= 0.3 is 0 Å². The van der Waals surface area contributed by atoms with E-state index in [0.717, 1.165) is 57.0 Å². The predicted molar refractivity (Wildman–Crippen MR) is 151 cm³/mol. The molecule has 0 saturated carbocycles. The number of hydrogen-bond donors (Lipinski definition) is 1. The zero-order valence-electron chi connectivity index (χ0n) is 21.8. The number of fused-ring (bicyclic) bond motifs is 1. The van der Waals surface area contributed by atoms with Gasteiger partial charge in [-0.3, -0.25) is 4.79 Å². The van der Waals surface area contributed by atoms with E-state index in [-0.39, 0.29) is 11.7 Å². The third-order valence-corrected chi connectivity index (χ3v) is 8.03. The van der Waals surface area contributed by atoms with E-state index in [9.17, 15) is 4.79 Å². The topological polar surface area (TPSA) is 61.5 Å². The Morgan fingerprint density at radius 1 is 0.921 bits per heavy atom. The highest BCUT2D eigenvalue weighted by atomic mass is 16.5. The number of likely N-dealkylation sites (tertiary alicyclic amines) is 1. The summed E-state index contributed by atoms with van der Waals surface area (Å²) < 4.78 is 6.62. The van der Waals surface area contributed by atoms with Gasteiger partial charge in [0.15, 0.2) is 0 Å². The van der Waals surface area contributed by atoms with Crippen LogP contribution in [-0.2, 0) is 13.1 Å². The molecule has 3 aromatic carbocycles. The molecule has 1 saturated heterocycles. The highest BCUT2D eigenvalue weighted by Crippen LogP contribution is 2.36. The first-order chi connectivity index (χ1) is 18.7. The van der Waals surface area contributed by atoms with Gasteiger partial charge in [-0.25, -0.2) is 5.10 Å². The van der Waals surface area contributed by atoms with E-state index in [1.54, 1.807) is 6.20 Å². The summed E-state index contributed by atoms with van der Waals surface area (Å²) >= 11 is 0. The molecule has 6 rings (SSSR count). The zero-order chi connectivity index (χ0) is 25.9. The molecular formula is C32H34N4O2. The van der Waals surface area contributed by atoms with Crippen LogP contribution in [0.25, 0.3) is 0 Å². The van der Waals surface area contributed by atoms with Gasteiger partial charge in [-0.2, -0.15) is 5.10 Å².